The molecule has 9 nitrogen and oxygen atoms in total. The molecule has 5 atom stereocenters. The van der Waals surface area contributed by atoms with E-state index >= 15 is 0 Å². The van der Waals surface area contributed by atoms with E-state index in [9.17, 15) is 19.5 Å². The number of aromatic nitrogens is 1. The van der Waals surface area contributed by atoms with Gasteiger partial charge in [0.05, 0.1) is 35.2 Å². The summed E-state index contributed by atoms with van der Waals surface area (Å²) in [5.41, 5.74) is 1.91. The molecule has 1 heterocycles. The third-order valence-corrected chi connectivity index (χ3v) is 22.0. The van der Waals surface area contributed by atoms with Crippen molar-refractivity contribution in [2.24, 2.45) is 17.3 Å². The van der Waals surface area contributed by atoms with E-state index in [2.05, 4.69) is 71.0 Å². The summed E-state index contributed by atoms with van der Waals surface area (Å²) >= 11 is 19.1. The van der Waals surface area contributed by atoms with E-state index in [-0.39, 0.29) is 24.2 Å². The number of hydrogen-bond acceptors (Lipinski definition) is 9. The predicted molar refractivity (Wildman–Crippen MR) is 243 cm³/mol. The maximum absolute atomic E-state index is 14.5. The molecule has 15 heteroatoms. The fourth-order valence-corrected chi connectivity index (χ4v) is 13.8. The molecule has 57 heavy (non-hydrogen) atoms. The Bertz CT molecular complexity index is 1500. The van der Waals surface area contributed by atoms with Crippen LogP contribution in [0.25, 0.3) is 6.08 Å². The van der Waals surface area contributed by atoms with Crippen molar-refractivity contribution >= 4 is 86.8 Å². The number of aryl methyl sites for hydroxylation is 1. The molecule has 0 bridgehead atoms. The highest BCUT2D eigenvalue weighted by molar-refractivity contribution is 7.09. The number of halogens is 3. The Hall–Kier alpha value is -1.52. The largest absolute Gasteiger partial charge is 0.508 e. The number of hydrogen-bond donors (Lipinski definition) is 1. The number of rotatable bonds is 26. The number of aliphatic carboxylic acids is 1. The smallest absolute Gasteiger partial charge is 0.481 e. The van der Waals surface area contributed by atoms with Crippen LogP contribution in [-0.2, 0) is 27.9 Å². The van der Waals surface area contributed by atoms with Gasteiger partial charge in [-0.3, -0.25) is 9.59 Å². The van der Waals surface area contributed by atoms with Crippen molar-refractivity contribution in [2.45, 2.75) is 168 Å². The maximum atomic E-state index is 14.5. The second-order valence-corrected chi connectivity index (χ2v) is 28.9. The Morgan fingerprint density at radius 1 is 0.912 bits per heavy atom. The minimum atomic E-state index is -2.31. The second kappa shape index (κ2) is 24.7. The van der Waals surface area contributed by atoms with Crippen molar-refractivity contribution in [1.82, 2.24) is 4.98 Å². The summed E-state index contributed by atoms with van der Waals surface area (Å²) in [6.45, 7) is 25.5. The van der Waals surface area contributed by atoms with Gasteiger partial charge in [0.25, 0.3) is 0 Å². The van der Waals surface area contributed by atoms with Gasteiger partial charge in [0.15, 0.2) is 16.6 Å². The number of alkyl halides is 3. The fourth-order valence-electron chi connectivity index (χ4n) is 7.16. The van der Waals surface area contributed by atoms with Crippen LogP contribution >= 0.6 is 46.1 Å². The summed E-state index contributed by atoms with van der Waals surface area (Å²) in [4.78, 5) is 44.1. The summed E-state index contributed by atoms with van der Waals surface area (Å²) in [6.07, 6.45) is 6.20. The van der Waals surface area contributed by atoms with Gasteiger partial charge in [-0.15, -0.1) is 11.3 Å². The number of nitrogens with zero attached hydrogens (tertiary/aromatic N) is 1. The van der Waals surface area contributed by atoms with Gasteiger partial charge in [0.1, 0.15) is 18.5 Å². The highest BCUT2D eigenvalue weighted by Crippen LogP contribution is 2.38. The molecule has 0 spiro atoms. The van der Waals surface area contributed by atoms with E-state index < -0.39 is 62.7 Å². The standard InChI is InChI=1S/C42H70Cl3NO8SSi2/c1-14-56(15-2,16-3)53-35(31(9)25-34-27-55-33(11)46-34)24-23-29(7)21-20-22-30(8)38(52-40(50)51-28-42(43,44)45)32(10)39(49)41(12,13)36(26-37(47)48)54-57(17-4,18-5)19-6/h20-21,23,25,27,30,32,35-36,38H,14-19,22,24,26,28H2,1-13H3,(H,47,48)/t30-,32?,35-,36?,38-/m0/s1. The summed E-state index contributed by atoms with van der Waals surface area (Å²) in [5, 5.41) is 13.0. The van der Waals surface area contributed by atoms with E-state index in [1.165, 1.54) is 0 Å². The van der Waals surface area contributed by atoms with Crippen LogP contribution in [0.15, 0.2) is 34.8 Å². The number of carboxylic acids is 1. The second-order valence-electron chi connectivity index (χ2n) is 15.9. The van der Waals surface area contributed by atoms with E-state index in [0.29, 0.717) is 12.8 Å². The van der Waals surface area contributed by atoms with Crippen LogP contribution in [0.3, 0.4) is 0 Å². The van der Waals surface area contributed by atoms with Gasteiger partial charge < -0.3 is 23.4 Å². The van der Waals surface area contributed by atoms with Crippen LogP contribution in [-0.4, -0.2) is 73.3 Å². The Kier molecular flexibility index (Phi) is 23.2. The van der Waals surface area contributed by atoms with E-state index in [4.69, 9.17) is 53.1 Å². The molecule has 0 aliphatic heterocycles. The number of ketones is 1. The van der Waals surface area contributed by atoms with E-state index in [1.54, 1.807) is 32.1 Å². The molecule has 326 valence electrons. The topological polar surface area (TPSA) is 121 Å². The summed E-state index contributed by atoms with van der Waals surface area (Å²) in [5.74, 6) is -2.54. The number of carbonyl (C=O) groups excluding carboxylic acids is 2. The lowest BCUT2D eigenvalue weighted by molar-refractivity contribution is -0.146. The Morgan fingerprint density at radius 3 is 1.93 bits per heavy atom. The zero-order chi connectivity index (χ0) is 43.8. The molecule has 1 N–H and O–H groups in total. The highest BCUT2D eigenvalue weighted by Gasteiger charge is 2.47. The monoisotopic (exact) mass is 909 g/mol. The van der Waals surface area contributed by atoms with Crippen molar-refractivity contribution in [3.8, 4) is 0 Å². The predicted octanol–water partition coefficient (Wildman–Crippen LogP) is 13.2. The van der Waals surface area contributed by atoms with Crippen LogP contribution in [0, 0.1) is 24.2 Å². The SMILES string of the molecule is CC[Si](CC)(CC)OC(CC(=O)O)C(C)(C)C(=O)C(C)[C@@H](OC(=O)OCC(Cl)(Cl)Cl)[C@@H](C)CC=CC(C)=CC[C@H](O[Si](CC)(CC)CC)C(C)=Cc1csc(C)n1. The molecular weight excluding hydrogens is 841 g/mol. The molecule has 0 aliphatic rings. The van der Waals surface area contributed by atoms with Gasteiger partial charge in [0.2, 0.25) is 3.79 Å². The maximum Gasteiger partial charge on any atom is 0.508 e. The summed E-state index contributed by atoms with van der Waals surface area (Å²) in [6, 6.07) is 5.53. The van der Waals surface area contributed by atoms with Gasteiger partial charge in [-0.2, -0.15) is 0 Å². The average molecular weight is 912 g/mol. The van der Waals surface area contributed by atoms with E-state index in [0.717, 1.165) is 58.1 Å². The molecule has 1 aromatic heterocycles. The van der Waals surface area contributed by atoms with Crippen molar-refractivity contribution < 1.29 is 37.8 Å². The molecule has 0 aliphatic carbocycles. The Balaban J connectivity index is 3.43. The van der Waals surface area contributed by atoms with Crippen LogP contribution in [0.1, 0.15) is 113 Å². The lowest BCUT2D eigenvalue weighted by Crippen LogP contribution is -2.51. The number of ether oxygens (including phenoxy) is 2. The first-order valence-corrected chi connectivity index (χ1v) is 27.5. The van der Waals surface area contributed by atoms with Gasteiger partial charge in [-0.1, -0.05) is 128 Å². The summed E-state index contributed by atoms with van der Waals surface area (Å²) < 4.78 is 22.8. The number of carbonyl (C=O) groups is 3. The molecule has 0 aromatic carbocycles. The van der Waals surface area contributed by atoms with Gasteiger partial charge in [-0.25, -0.2) is 9.78 Å². The molecule has 0 amide bonds. The van der Waals surface area contributed by atoms with Crippen molar-refractivity contribution in [3.63, 3.8) is 0 Å². The molecule has 0 radical (unpaired) electrons. The molecule has 1 aromatic rings. The fraction of sp³-hybridized carbons (Fsp3) is 0.714. The normalized spacial score (nSPS) is 16.3. The lowest BCUT2D eigenvalue weighted by Gasteiger charge is -2.42. The first-order chi connectivity index (χ1) is 26.5. The highest BCUT2D eigenvalue weighted by atomic mass is 35.6. The van der Waals surface area contributed by atoms with E-state index in [1.807, 2.05) is 32.9 Å². The van der Waals surface area contributed by atoms with Crippen molar-refractivity contribution in [3.05, 3.63) is 45.5 Å². The van der Waals surface area contributed by atoms with Crippen LogP contribution < -0.4 is 0 Å². The number of Topliss-reactive ketones (excluding diaryl/α,β-unsaturated/α-hetero) is 1. The first kappa shape index (κ1) is 53.5. The molecule has 0 saturated heterocycles. The van der Waals surface area contributed by atoms with Crippen LogP contribution in [0.2, 0.25) is 36.3 Å². The lowest BCUT2D eigenvalue weighted by atomic mass is 9.73. The zero-order valence-electron chi connectivity index (χ0n) is 36.6. The van der Waals surface area contributed by atoms with Gasteiger partial charge in [-0.05, 0) is 87.4 Å². The van der Waals surface area contributed by atoms with Crippen molar-refractivity contribution in [2.75, 3.05) is 6.61 Å². The molecular formula is C42H70Cl3NO8SSi2. The summed E-state index contributed by atoms with van der Waals surface area (Å²) in [7, 11) is -4.23. The minimum absolute atomic E-state index is 0.0822. The van der Waals surface area contributed by atoms with Crippen LogP contribution in [0.5, 0.6) is 0 Å². The zero-order valence-corrected chi connectivity index (χ0v) is 41.7. The molecule has 1 rings (SSSR count). The third kappa shape index (κ3) is 17.5. The third-order valence-electron chi connectivity index (χ3n) is 11.6. The average Bonchev–Trinajstić information content (AvgIpc) is 3.57. The van der Waals surface area contributed by atoms with Crippen molar-refractivity contribution in [1.29, 1.82) is 0 Å². The molecule has 0 fully saturated rings. The molecule has 2 unspecified atom stereocenters. The number of carboxylic acid groups (broad SMARTS) is 1. The van der Waals surface area contributed by atoms with Gasteiger partial charge in [0, 0.05) is 10.8 Å². The Labute approximate surface area is 364 Å². The van der Waals surface area contributed by atoms with Crippen LogP contribution in [0.4, 0.5) is 4.79 Å². The van der Waals surface area contributed by atoms with Gasteiger partial charge >= 0.3 is 12.1 Å². The minimum Gasteiger partial charge on any atom is -0.481 e. The first-order valence-electron chi connectivity index (χ1n) is 20.4. The molecule has 0 saturated carbocycles. The quantitative estimate of drug-likeness (QED) is 0.0419. The Morgan fingerprint density at radius 2 is 1.46 bits per heavy atom. The number of thiazole rings is 1. The number of allylic oxidation sites excluding steroid dienone is 3.